The molecule has 0 aliphatic carbocycles. The molecule has 0 aliphatic rings. The van der Waals surface area contributed by atoms with E-state index in [1.807, 2.05) is 37.3 Å². The van der Waals surface area contributed by atoms with Gasteiger partial charge in [-0.05, 0) is 42.3 Å². The molecule has 4 rings (SSSR count). The van der Waals surface area contributed by atoms with E-state index in [2.05, 4.69) is 4.98 Å². The SMILES string of the molecule is COc1cc2c(Oc3ccc(C)cc3F)ccnc2cc1OCc1ccccc1. The van der Waals surface area contributed by atoms with Gasteiger partial charge in [-0.1, -0.05) is 36.4 Å². The molecule has 4 nitrogen and oxygen atoms in total. The topological polar surface area (TPSA) is 40.6 Å². The van der Waals surface area contributed by atoms with Gasteiger partial charge in [-0.15, -0.1) is 0 Å². The molecule has 0 bridgehead atoms. The number of nitrogens with zero attached hydrogens (tertiary/aromatic N) is 1. The summed E-state index contributed by atoms with van der Waals surface area (Å²) in [7, 11) is 1.58. The van der Waals surface area contributed by atoms with E-state index in [1.165, 1.54) is 6.07 Å². The van der Waals surface area contributed by atoms with Crippen LogP contribution in [0.1, 0.15) is 11.1 Å². The number of pyridine rings is 1. The third-order valence-electron chi connectivity index (χ3n) is 4.53. The first-order valence-electron chi connectivity index (χ1n) is 9.21. The molecule has 1 aromatic heterocycles. The molecule has 3 aromatic carbocycles. The molecule has 0 atom stereocenters. The molecule has 5 heteroatoms. The van der Waals surface area contributed by atoms with Crippen LogP contribution in [0.4, 0.5) is 4.39 Å². The van der Waals surface area contributed by atoms with Crippen LogP contribution < -0.4 is 14.2 Å². The third-order valence-corrected chi connectivity index (χ3v) is 4.53. The highest BCUT2D eigenvalue weighted by Crippen LogP contribution is 2.37. The van der Waals surface area contributed by atoms with Gasteiger partial charge in [0.15, 0.2) is 23.1 Å². The van der Waals surface area contributed by atoms with Crippen molar-refractivity contribution in [2.24, 2.45) is 0 Å². The van der Waals surface area contributed by atoms with Crippen LogP contribution in [0, 0.1) is 12.7 Å². The van der Waals surface area contributed by atoms with Crippen LogP contribution in [-0.2, 0) is 6.61 Å². The zero-order valence-corrected chi connectivity index (χ0v) is 16.2. The number of hydrogen-bond acceptors (Lipinski definition) is 4. The molecule has 146 valence electrons. The van der Waals surface area contributed by atoms with Crippen molar-refractivity contribution in [1.82, 2.24) is 4.98 Å². The lowest BCUT2D eigenvalue weighted by Crippen LogP contribution is -1.98. The molecule has 29 heavy (non-hydrogen) atoms. The molecular weight excluding hydrogens is 369 g/mol. The number of methoxy groups -OCH3 is 1. The lowest BCUT2D eigenvalue weighted by atomic mass is 10.1. The minimum Gasteiger partial charge on any atom is -0.493 e. The van der Waals surface area contributed by atoms with Crippen molar-refractivity contribution in [3.05, 3.63) is 89.9 Å². The first-order chi connectivity index (χ1) is 14.1. The summed E-state index contributed by atoms with van der Waals surface area (Å²) in [5.74, 6) is 1.37. The predicted octanol–water partition coefficient (Wildman–Crippen LogP) is 6.06. The molecule has 0 unspecified atom stereocenters. The van der Waals surface area contributed by atoms with E-state index in [4.69, 9.17) is 14.2 Å². The summed E-state index contributed by atoms with van der Waals surface area (Å²) in [6, 6.07) is 20.0. The third kappa shape index (κ3) is 4.14. The van der Waals surface area contributed by atoms with Gasteiger partial charge < -0.3 is 14.2 Å². The average molecular weight is 389 g/mol. The number of aromatic nitrogens is 1. The van der Waals surface area contributed by atoms with E-state index in [0.717, 1.165) is 11.1 Å². The molecule has 0 aliphatic heterocycles. The molecule has 0 saturated heterocycles. The van der Waals surface area contributed by atoms with Crippen molar-refractivity contribution in [2.45, 2.75) is 13.5 Å². The standard InChI is InChI=1S/C24H20FNO3/c1-16-8-9-22(19(25)12-16)29-21-10-11-26-20-14-24(23(27-2)13-18(20)21)28-15-17-6-4-3-5-7-17/h3-14H,15H2,1-2H3. The Balaban J connectivity index is 1.67. The lowest BCUT2D eigenvalue weighted by molar-refractivity contribution is 0.285. The fourth-order valence-corrected chi connectivity index (χ4v) is 3.03. The Labute approximate surface area is 168 Å². The van der Waals surface area contributed by atoms with E-state index in [-0.39, 0.29) is 5.75 Å². The van der Waals surface area contributed by atoms with E-state index < -0.39 is 5.82 Å². The smallest absolute Gasteiger partial charge is 0.165 e. The summed E-state index contributed by atoms with van der Waals surface area (Å²) in [6.45, 7) is 2.24. The molecular formula is C24H20FNO3. The largest absolute Gasteiger partial charge is 0.493 e. The summed E-state index contributed by atoms with van der Waals surface area (Å²) in [4.78, 5) is 4.40. The van der Waals surface area contributed by atoms with Crippen LogP contribution in [0.3, 0.4) is 0 Å². The van der Waals surface area contributed by atoms with Gasteiger partial charge in [0.05, 0.1) is 12.6 Å². The highest BCUT2D eigenvalue weighted by Gasteiger charge is 2.13. The van der Waals surface area contributed by atoms with Gasteiger partial charge in [0, 0.05) is 17.6 Å². The van der Waals surface area contributed by atoms with Crippen LogP contribution in [0.2, 0.25) is 0 Å². The maximum absolute atomic E-state index is 14.2. The number of rotatable bonds is 6. The quantitative estimate of drug-likeness (QED) is 0.402. The van der Waals surface area contributed by atoms with Crippen LogP contribution in [0.5, 0.6) is 23.0 Å². The van der Waals surface area contributed by atoms with Gasteiger partial charge in [0.25, 0.3) is 0 Å². The number of fused-ring (bicyclic) bond motifs is 1. The Morgan fingerprint density at radius 2 is 1.69 bits per heavy atom. The van der Waals surface area contributed by atoms with Crippen molar-refractivity contribution in [2.75, 3.05) is 7.11 Å². The second kappa shape index (κ2) is 8.19. The van der Waals surface area contributed by atoms with Gasteiger partial charge in [0.2, 0.25) is 0 Å². The monoisotopic (exact) mass is 389 g/mol. The van der Waals surface area contributed by atoms with Crippen molar-refractivity contribution in [1.29, 1.82) is 0 Å². The van der Waals surface area contributed by atoms with Crippen LogP contribution in [0.25, 0.3) is 10.9 Å². The van der Waals surface area contributed by atoms with E-state index in [1.54, 1.807) is 43.6 Å². The number of halogens is 1. The highest BCUT2D eigenvalue weighted by molar-refractivity contribution is 5.88. The molecule has 4 aromatic rings. The van der Waals surface area contributed by atoms with Gasteiger partial charge >= 0.3 is 0 Å². The van der Waals surface area contributed by atoms with Gasteiger partial charge in [0.1, 0.15) is 12.4 Å². The maximum Gasteiger partial charge on any atom is 0.165 e. The Bertz CT molecular complexity index is 1150. The second-order valence-corrected chi connectivity index (χ2v) is 6.64. The fourth-order valence-electron chi connectivity index (χ4n) is 3.03. The lowest BCUT2D eigenvalue weighted by Gasteiger charge is -2.14. The van der Waals surface area contributed by atoms with Crippen LogP contribution in [-0.4, -0.2) is 12.1 Å². The second-order valence-electron chi connectivity index (χ2n) is 6.64. The number of aryl methyl sites for hydroxylation is 1. The average Bonchev–Trinajstić information content (AvgIpc) is 2.74. The summed E-state index contributed by atoms with van der Waals surface area (Å²) >= 11 is 0. The molecule has 0 fully saturated rings. The van der Waals surface area contributed by atoms with Crippen molar-refractivity contribution < 1.29 is 18.6 Å². The molecule has 0 amide bonds. The van der Waals surface area contributed by atoms with Gasteiger partial charge in [-0.2, -0.15) is 0 Å². The van der Waals surface area contributed by atoms with Gasteiger partial charge in [-0.25, -0.2) is 4.39 Å². The Kier molecular flexibility index (Phi) is 5.29. The normalized spacial score (nSPS) is 10.7. The number of benzene rings is 3. The summed E-state index contributed by atoms with van der Waals surface area (Å²) in [5, 5.41) is 0.705. The van der Waals surface area contributed by atoms with E-state index >= 15 is 0 Å². The first-order valence-corrected chi connectivity index (χ1v) is 9.21. The van der Waals surface area contributed by atoms with Crippen molar-refractivity contribution in [3.63, 3.8) is 0 Å². The number of hydrogen-bond donors (Lipinski definition) is 0. The Hall–Kier alpha value is -3.60. The van der Waals surface area contributed by atoms with Crippen LogP contribution >= 0.6 is 0 Å². The highest BCUT2D eigenvalue weighted by atomic mass is 19.1. The van der Waals surface area contributed by atoms with Crippen molar-refractivity contribution in [3.8, 4) is 23.0 Å². The molecule has 1 heterocycles. The maximum atomic E-state index is 14.2. The fraction of sp³-hybridized carbons (Fsp3) is 0.125. The molecule has 0 spiro atoms. The minimum absolute atomic E-state index is 0.159. The summed E-state index contributed by atoms with van der Waals surface area (Å²) in [6.07, 6.45) is 1.62. The predicted molar refractivity (Wildman–Crippen MR) is 110 cm³/mol. The molecule has 0 radical (unpaired) electrons. The van der Waals surface area contributed by atoms with Gasteiger partial charge in [-0.3, -0.25) is 4.98 Å². The molecule has 0 N–H and O–H groups in total. The Morgan fingerprint density at radius 1 is 0.862 bits per heavy atom. The zero-order valence-electron chi connectivity index (χ0n) is 16.2. The number of ether oxygens (including phenoxy) is 3. The zero-order chi connectivity index (χ0) is 20.2. The van der Waals surface area contributed by atoms with Crippen LogP contribution in [0.15, 0.2) is 72.9 Å². The first kappa shape index (κ1) is 18.7. The summed E-state index contributed by atoms with van der Waals surface area (Å²) < 4.78 is 31.5. The molecule has 0 saturated carbocycles. The Morgan fingerprint density at radius 3 is 2.45 bits per heavy atom. The van der Waals surface area contributed by atoms with E-state index in [0.29, 0.717) is 34.8 Å². The van der Waals surface area contributed by atoms with Crippen molar-refractivity contribution >= 4 is 10.9 Å². The van der Waals surface area contributed by atoms with E-state index in [9.17, 15) is 4.39 Å². The minimum atomic E-state index is -0.412. The summed E-state index contributed by atoms with van der Waals surface area (Å²) in [5.41, 5.74) is 2.55.